The van der Waals surface area contributed by atoms with Gasteiger partial charge in [0.25, 0.3) is 0 Å². The van der Waals surface area contributed by atoms with Crippen molar-refractivity contribution in [1.82, 2.24) is 0 Å². The van der Waals surface area contributed by atoms with Gasteiger partial charge >= 0.3 is 5.97 Å². The summed E-state index contributed by atoms with van der Waals surface area (Å²) >= 11 is 0. The van der Waals surface area contributed by atoms with E-state index < -0.39 is 5.97 Å². The van der Waals surface area contributed by atoms with E-state index in [0.29, 0.717) is 30.5 Å². The quantitative estimate of drug-likeness (QED) is 0.432. The SMILES string of the molecule is C=CC(=O)Oc1ccc(OCC)c(OCC)c1. The third kappa shape index (κ3) is 3.83. The average Bonchev–Trinajstić information content (AvgIpc) is 2.33. The molecule has 0 aliphatic rings. The second-order valence-corrected chi connectivity index (χ2v) is 3.10. The van der Waals surface area contributed by atoms with E-state index in [1.54, 1.807) is 18.2 Å². The van der Waals surface area contributed by atoms with Gasteiger partial charge in [0, 0.05) is 12.1 Å². The Balaban J connectivity index is 2.91. The Labute approximate surface area is 101 Å². The molecule has 1 aromatic rings. The summed E-state index contributed by atoms with van der Waals surface area (Å²) in [6.07, 6.45) is 1.11. The highest BCUT2D eigenvalue weighted by Gasteiger charge is 2.08. The number of carbonyl (C=O) groups excluding carboxylic acids is 1. The second-order valence-electron chi connectivity index (χ2n) is 3.10. The molecule has 0 N–H and O–H groups in total. The maximum absolute atomic E-state index is 11.0. The van der Waals surface area contributed by atoms with Crippen LogP contribution in [0.15, 0.2) is 30.9 Å². The molecule has 1 rings (SSSR count). The van der Waals surface area contributed by atoms with Crippen LogP contribution < -0.4 is 14.2 Å². The van der Waals surface area contributed by atoms with E-state index in [1.807, 2.05) is 13.8 Å². The lowest BCUT2D eigenvalue weighted by Gasteiger charge is -2.11. The Morgan fingerprint density at radius 2 is 1.88 bits per heavy atom. The highest BCUT2D eigenvalue weighted by molar-refractivity contribution is 5.83. The summed E-state index contributed by atoms with van der Waals surface area (Å²) in [5.41, 5.74) is 0. The fourth-order valence-electron chi connectivity index (χ4n) is 1.25. The molecule has 0 atom stereocenters. The molecule has 0 heterocycles. The van der Waals surface area contributed by atoms with Crippen molar-refractivity contribution in [3.8, 4) is 17.2 Å². The largest absolute Gasteiger partial charge is 0.490 e. The van der Waals surface area contributed by atoms with Crippen LogP contribution in [0.25, 0.3) is 0 Å². The Morgan fingerprint density at radius 1 is 1.24 bits per heavy atom. The van der Waals surface area contributed by atoms with Gasteiger partial charge in [0.2, 0.25) is 0 Å². The van der Waals surface area contributed by atoms with Gasteiger partial charge in [0.05, 0.1) is 13.2 Å². The molecule has 92 valence electrons. The van der Waals surface area contributed by atoms with Crippen LogP contribution in [0.4, 0.5) is 0 Å². The normalized spacial score (nSPS) is 9.53. The molecule has 0 bridgehead atoms. The summed E-state index contributed by atoms with van der Waals surface area (Å²) in [5, 5.41) is 0. The van der Waals surface area contributed by atoms with Crippen molar-refractivity contribution >= 4 is 5.97 Å². The van der Waals surface area contributed by atoms with Crippen LogP contribution in [0, 0.1) is 0 Å². The maximum Gasteiger partial charge on any atom is 0.335 e. The van der Waals surface area contributed by atoms with Gasteiger partial charge in [0.15, 0.2) is 11.5 Å². The number of ether oxygens (including phenoxy) is 3. The predicted molar refractivity (Wildman–Crippen MR) is 64.6 cm³/mol. The van der Waals surface area contributed by atoms with Crippen LogP contribution in [0.1, 0.15) is 13.8 Å². The van der Waals surface area contributed by atoms with Crippen LogP contribution in [0.2, 0.25) is 0 Å². The van der Waals surface area contributed by atoms with E-state index >= 15 is 0 Å². The molecule has 0 aliphatic heterocycles. The molecule has 0 saturated heterocycles. The molecule has 17 heavy (non-hydrogen) atoms. The zero-order valence-electron chi connectivity index (χ0n) is 10.1. The summed E-state index contributed by atoms with van der Waals surface area (Å²) in [6.45, 7) is 8.16. The van der Waals surface area contributed by atoms with Gasteiger partial charge in [-0.25, -0.2) is 4.79 Å². The molecule has 4 nitrogen and oxygen atoms in total. The van der Waals surface area contributed by atoms with Crippen LogP contribution in [0.3, 0.4) is 0 Å². The Bertz CT molecular complexity index is 398. The van der Waals surface area contributed by atoms with E-state index in [-0.39, 0.29) is 0 Å². The fraction of sp³-hybridized carbons (Fsp3) is 0.308. The Hall–Kier alpha value is -1.97. The number of rotatable bonds is 6. The summed E-state index contributed by atoms with van der Waals surface area (Å²) < 4.78 is 15.8. The van der Waals surface area contributed by atoms with Crippen molar-refractivity contribution < 1.29 is 19.0 Å². The molecule has 4 heteroatoms. The zero-order valence-corrected chi connectivity index (χ0v) is 10.1. The van der Waals surface area contributed by atoms with Crippen LogP contribution in [-0.2, 0) is 4.79 Å². The van der Waals surface area contributed by atoms with Crippen molar-refractivity contribution in [2.75, 3.05) is 13.2 Å². The molecule has 0 radical (unpaired) electrons. The van der Waals surface area contributed by atoms with E-state index in [1.165, 1.54) is 0 Å². The first-order valence-corrected chi connectivity index (χ1v) is 5.45. The molecule has 0 saturated carbocycles. The molecule has 0 unspecified atom stereocenters. The second kappa shape index (κ2) is 6.58. The maximum atomic E-state index is 11.0. The van der Waals surface area contributed by atoms with Crippen molar-refractivity contribution in [1.29, 1.82) is 0 Å². The van der Waals surface area contributed by atoms with Crippen molar-refractivity contribution in [3.05, 3.63) is 30.9 Å². The average molecular weight is 236 g/mol. The van der Waals surface area contributed by atoms with Gasteiger partial charge < -0.3 is 14.2 Å². The zero-order chi connectivity index (χ0) is 12.7. The first-order valence-electron chi connectivity index (χ1n) is 5.45. The summed E-state index contributed by atoms with van der Waals surface area (Å²) in [5.74, 6) is 1.09. The van der Waals surface area contributed by atoms with E-state index in [9.17, 15) is 4.79 Å². The highest BCUT2D eigenvalue weighted by Crippen LogP contribution is 2.31. The lowest BCUT2D eigenvalue weighted by Crippen LogP contribution is -2.04. The first kappa shape index (κ1) is 13.1. The number of benzene rings is 1. The Morgan fingerprint density at radius 3 is 2.47 bits per heavy atom. The molecule has 0 aliphatic carbocycles. The van der Waals surface area contributed by atoms with Gasteiger partial charge in [-0.2, -0.15) is 0 Å². The molecule has 0 amide bonds. The Kier molecular flexibility index (Phi) is 5.07. The predicted octanol–water partition coefficient (Wildman–Crippen LogP) is 2.58. The molecule has 0 fully saturated rings. The van der Waals surface area contributed by atoms with Gasteiger partial charge in [0.1, 0.15) is 5.75 Å². The summed E-state index contributed by atoms with van der Waals surface area (Å²) in [4.78, 5) is 11.0. The monoisotopic (exact) mass is 236 g/mol. The van der Waals surface area contributed by atoms with Crippen LogP contribution in [0.5, 0.6) is 17.2 Å². The number of hydrogen-bond acceptors (Lipinski definition) is 4. The molecule has 0 spiro atoms. The van der Waals surface area contributed by atoms with Gasteiger partial charge in [-0.3, -0.25) is 0 Å². The van der Waals surface area contributed by atoms with Crippen LogP contribution >= 0.6 is 0 Å². The van der Waals surface area contributed by atoms with E-state index in [4.69, 9.17) is 14.2 Å². The fourth-order valence-corrected chi connectivity index (χ4v) is 1.25. The third-order valence-electron chi connectivity index (χ3n) is 1.90. The standard InChI is InChI=1S/C13H16O4/c1-4-13(14)17-10-7-8-11(15-5-2)12(9-10)16-6-3/h4,7-9H,1,5-6H2,2-3H3. The van der Waals surface area contributed by atoms with Crippen molar-refractivity contribution in [3.63, 3.8) is 0 Å². The lowest BCUT2D eigenvalue weighted by molar-refractivity contribution is -0.128. The minimum atomic E-state index is -0.503. The summed E-state index contributed by atoms with van der Waals surface area (Å²) in [7, 11) is 0. The van der Waals surface area contributed by atoms with Gasteiger partial charge in [-0.05, 0) is 26.0 Å². The topological polar surface area (TPSA) is 44.8 Å². The summed E-state index contributed by atoms with van der Waals surface area (Å²) in [6, 6.07) is 4.98. The van der Waals surface area contributed by atoms with Crippen molar-refractivity contribution in [2.24, 2.45) is 0 Å². The highest BCUT2D eigenvalue weighted by atomic mass is 16.5. The third-order valence-corrected chi connectivity index (χ3v) is 1.90. The molecule has 0 aromatic heterocycles. The van der Waals surface area contributed by atoms with Gasteiger partial charge in [-0.15, -0.1) is 0 Å². The smallest absolute Gasteiger partial charge is 0.335 e. The number of esters is 1. The molecular formula is C13H16O4. The first-order chi connectivity index (χ1) is 8.21. The van der Waals surface area contributed by atoms with E-state index in [2.05, 4.69) is 6.58 Å². The van der Waals surface area contributed by atoms with Crippen molar-refractivity contribution in [2.45, 2.75) is 13.8 Å². The van der Waals surface area contributed by atoms with E-state index in [0.717, 1.165) is 6.08 Å². The number of carbonyl (C=O) groups is 1. The minimum absolute atomic E-state index is 0.404. The van der Waals surface area contributed by atoms with Crippen LogP contribution in [-0.4, -0.2) is 19.2 Å². The van der Waals surface area contributed by atoms with Gasteiger partial charge in [-0.1, -0.05) is 6.58 Å². The lowest BCUT2D eigenvalue weighted by atomic mass is 10.3. The number of hydrogen-bond donors (Lipinski definition) is 0. The molecule has 1 aromatic carbocycles. The molecular weight excluding hydrogens is 220 g/mol. The minimum Gasteiger partial charge on any atom is -0.490 e.